The molecule has 1 aliphatic rings. The highest BCUT2D eigenvalue weighted by Crippen LogP contribution is 2.29. The van der Waals surface area contributed by atoms with Crippen molar-refractivity contribution in [1.29, 1.82) is 0 Å². The average Bonchev–Trinajstić information content (AvgIpc) is 3.19. The molecule has 0 atom stereocenters. The number of rotatable bonds is 6. The Morgan fingerprint density at radius 2 is 2.00 bits per heavy atom. The third-order valence-corrected chi connectivity index (χ3v) is 3.20. The Balaban J connectivity index is 1.99. The molecule has 0 amide bonds. The van der Waals surface area contributed by atoms with E-state index in [0.717, 1.165) is 29.4 Å². The minimum absolute atomic E-state index is 0.0998. The zero-order valence-electron chi connectivity index (χ0n) is 11.3. The first-order valence-corrected chi connectivity index (χ1v) is 6.41. The fourth-order valence-corrected chi connectivity index (χ4v) is 1.98. The number of nitrogens with zero attached hydrogens (tertiary/aromatic N) is 1. The van der Waals surface area contributed by atoms with Gasteiger partial charge in [-0.1, -0.05) is 5.16 Å². The number of hydrogen-bond acceptors (Lipinski definition) is 4. The van der Waals surface area contributed by atoms with Crippen LogP contribution in [-0.2, 0) is 4.74 Å². The minimum atomic E-state index is 0.0998. The molecular weight excluding hydrogens is 244 g/mol. The van der Waals surface area contributed by atoms with Gasteiger partial charge >= 0.3 is 0 Å². The van der Waals surface area contributed by atoms with Crippen LogP contribution in [-0.4, -0.2) is 24.4 Å². The Morgan fingerprint density at radius 1 is 1.37 bits per heavy atom. The van der Waals surface area contributed by atoms with Gasteiger partial charge in [0.2, 0.25) is 0 Å². The van der Waals surface area contributed by atoms with Crippen LogP contribution < -0.4 is 10.5 Å². The number of amidine groups is 1. The maximum Gasteiger partial charge on any atom is 0.189 e. The van der Waals surface area contributed by atoms with E-state index in [0.29, 0.717) is 5.56 Å². The van der Waals surface area contributed by atoms with Gasteiger partial charge in [-0.05, 0) is 55.9 Å². The summed E-state index contributed by atoms with van der Waals surface area (Å²) in [5, 5.41) is 11.7. The monoisotopic (exact) mass is 264 g/mol. The van der Waals surface area contributed by atoms with Crippen LogP contribution in [0.1, 0.15) is 29.5 Å². The largest absolute Gasteiger partial charge is 0.467 e. The average molecular weight is 264 g/mol. The zero-order valence-corrected chi connectivity index (χ0v) is 11.3. The summed E-state index contributed by atoms with van der Waals surface area (Å²) in [7, 11) is 0. The number of benzene rings is 1. The molecule has 5 nitrogen and oxygen atoms in total. The van der Waals surface area contributed by atoms with Crippen LogP contribution >= 0.6 is 0 Å². The molecule has 1 aromatic carbocycles. The van der Waals surface area contributed by atoms with E-state index in [2.05, 4.69) is 5.16 Å². The van der Waals surface area contributed by atoms with E-state index >= 15 is 0 Å². The molecule has 0 aromatic heterocycles. The first kappa shape index (κ1) is 13.7. The van der Waals surface area contributed by atoms with E-state index in [1.807, 2.05) is 26.0 Å². The Kier molecular flexibility index (Phi) is 4.27. The van der Waals surface area contributed by atoms with E-state index in [-0.39, 0.29) is 12.6 Å². The van der Waals surface area contributed by atoms with Crippen LogP contribution in [0.3, 0.4) is 0 Å². The summed E-state index contributed by atoms with van der Waals surface area (Å²) in [6, 6.07) is 3.66. The lowest BCUT2D eigenvalue weighted by molar-refractivity contribution is 0.00923. The third kappa shape index (κ3) is 3.61. The van der Waals surface area contributed by atoms with Gasteiger partial charge in [0, 0.05) is 5.56 Å². The molecule has 104 valence electrons. The highest BCUT2D eigenvalue weighted by molar-refractivity contribution is 5.97. The molecule has 1 aromatic rings. The van der Waals surface area contributed by atoms with Crippen LogP contribution in [0.5, 0.6) is 5.75 Å². The Morgan fingerprint density at radius 3 is 2.53 bits per heavy atom. The second-order valence-corrected chi connectivity index (χ2v) is 5.00. The molecule has 5 heteroatoms. The highest BCUT2D eigenvalue weighted by Gasteiger charge is 2.21. The molecule has 1 saturated carbocycles. The molecule has 1 fully saturated rings. The first-order valence-electron chi connectivity index (χ1n) is 6.41. The summed E-state index contributed by atoms with van der Waals surface area (Å²) in [6.45, 7) is 4.90. The third-order valence-electron chi connectivity index (χ3n) is 3.20. The molecule has 0 heterocycles. The fraction of sp³-hybridized carbons (Fsp3) is 0.500. The fourth-order valence-electron chi connectivity index (χ4n) is 1.98. The van der Waals surface area contributed by atoms with Crippen LogP contribution in [0.15, 0.2) is 17.3 Å². The van der Waals surface area contributed by atoms with E-state index in [1.54, 1.807) is 0 Å². The number of hydrogen-bond donors (Lipinski definition) is 2. The first-order chi connectivity index (χ1) is 9.11. The van der Waals surface area contributed by atoms with Crippen molar-refractivity contribution in [3.05, 3.63) is 28.8 Å². The summed E-state index contributed by atoms with van der Waals surface area (Å²) in [5.41, 5.74) is 8.15. The lowest BCUT2D eigenvalue weighted by atomic mass is 10.1. The van der Waals surface area contributed by atoms with E-state index < -0.39 is 0 Å². The van der Waals surface area contributed by atoms with Gasteiger partial charge in [-0.15, -0.1) is 0 Å². The van der Waals surface area contributed by atoms with Gasteiger partial charge < -0.3 is 20.4 Å². The Hall–Kier alpha value is -1.75. The smallest absolute Gasteiger partial charge is 0.189 e. The molecule has 0 saturated heterocycles. The second kappa shape index (κ2) is 5.93. The Bertz CT molecular complexity index is 459. The normalized spacial score (nSPS) is 15.6. The maximum atomic E-state index is 8.68. The topological polar surface area (TPSA) is 77.1 Å². The number of ether oxygens (including phenoxy) is 2. The molecule has 2 rings (SSSR count). The molecule has 19 heavy (non-hydrogen) atoms. The zero-order chi connectivity index (χ0) is 13.8. The number of aryl methyl sites for hydroxylation is 2. The van der Waals surface area contributed by atoms with Gasteiger partial charge in [0.15, 0.2) is 12.6 Å². The quantitative estimate of drug-likeness (QED) is 0.206. The van der Waals surface area contributed by atoms with Crippen LogP contribution in [0.4, 0.5) is 0 Å². The summed E-state index contributed by atoms with van der Waals surface area (Å²) < 4.78 is 11.1. The van der Waals surface area contributed by atoms with Crippen molar-refractivity contribution in [2.45, 2.75) is 26.7 Å². The van der Waals surface area contributed by atoms with E-state index in [9.17, 15) is 0 Å². The van der Waals surface area contributed by atoms with Crippen LogP contribution in [0.2, 0.25) is 0 Å². The molecule has 0 radical (unpaired) electrons. The van der Waals surface area contributed by atoms with Crippen LogP contribution in [0, 0.1) is 19.8 Å². The van der Waals surface area contributed by atoms with Gasteiger partial charge in [-0.3, -0.25) is 0 Å². The predicted octanol–water partition coefficient (Wildman–Crippen LogP) is 2.16. The van der Waals surface area contributed by atoms with E-state index in [4.69, 9.17) is 20.4 Å². The molecule has 0 spiro atoms. The standard InChI is InChI=1S/C14H20N2O3/c1-9-5-12(14(15)16-17)6-10(2)13(9)19-8-18-7-11-3-4-11/h5-6,11,17H,3-4,7-8H2,1-2H3,(H2,15,16). The minimum Gasteiger partial charge on any atom is -0.467 e. The summed E-state index contributed by atoms with van der Waals surface area (Å²) in [6.07, 6.45) is 2.54. The lowest BCUT2D eigenvalue weighted by Crippen LogP contribution is -2.14. The van der Waals surface area contributed by atoms with Crippen molar-refractivity contribution in [2.75, 3.05) is 13.4 Å². The van der Waals surface area contributed by atoms with Crippen molar-refractivity contribution in [1.82, 2.24) is 0 Å². The van der Waals surface area contributed by atoms with Crippen molar-refractivity contribution in [3.63, 3.8) is 0 Å². The van der Waals surface area contributed by atoms with E-state index in [1.165, 1.54) is 12.8 Å². The SMILES string of the molecule is Cc1cc(/C(N)=N/O)cc(C)c1OCOCC1CC1. The van der Waals surface area contributed by atoms with Crippen molar-refractivity contribution >= 4 is 5.84 Å². The maximum absolute atomic E-state index is 8.68. The molecular formula is C14H20N2O3. The molecule has 0 bridgehead atoms. The molecule has 1 aliphatic carbocycles. The number of oxime groups is 1. The van der Waals surface area contributed by atoms with Crippen molar-refractivity contribution in [3.8, 4) is 5.75 Å². The highest BCUT2D eigenvalue weighted by atomic mass is 16.7. The van der Waals surface area contributed by atoms with Gasteiger partial charge in [0.05, 0.1) is 6.61 Å². The predicted molar refractivity (Wildman–Crippen MR) is 72.6 cm³/mol. The molecule has 3 N–H and O–H groups in total. The second-order valence-electron chi connectivity index (χ2n) is 5.00. The van der Waals surface area contributed by atoms with Crippen molar-refractivity contribution < 1.29 is 14.7 Å². The van der Waals surface area contributed by atoms with Crippen molar-refractivity contribution in [2.24, 2.45) is 16.8 Å². The number of nitrogens with two attached hydrogens (primary N) is 1. The summed E-state index contributed by atoms with van der Waals surface area (Å²) >= 11 is 0. The van der Waals surface area contributed by atoms with Gasteiger partial charge in [0.1, 0.15) is 5.75 Å². The lowest BCUT2D eigenvalue weighted by Gasteiger charge is -2.13. The molecule has 0 unspecified atom stereocenters. The van der Waals surface area contributed by atoms with Crippen LogP contribution in [0.25, 0.3) is 0 Å². The van der Waals surface area contributed by atoms with Gasteiger partial charge in [-0.25, -0.2) is 0 Å². The van der Waals surface area contributed by atoms with Gasteiger partial charge in [-0.2, -0.15) is 0 Å². The van der Waals surface area contributed by atoms with Gasteiger partial charge in [0.25, 0.3) is 0 Å². The molecule has 0 aliphatic heterocycles. The Labute approximate surface area is 113 Å². The summed E-state index contributed by atoms with van der Waals surface area (Å²) in [4.78, 5) is 0. The summed E-state index contributed by atoms with van der Waals surface area (Å²) in [5.74, 6) is 1.63.